The molecule has 0 amide bonds. The molecule has 2 heterocycles. The zero-order valence-corrected chi connectivity index (χ0v) is 9.82. The Hall–Kier alpha value is -0.120. The Kier molecular flexibility index (Phi) is 4.00. The molecule has 3 unspecified atom stereocenters. The number of hydrogen-bond donors (Lipinski definition) is 1. The minimum Gasteiger partial charge on any atom is -0.379 e. The first-order valence-electron chi connectivity index (χ1n) is 6.35. The molecule has 0 aliphatic carbocycles. The zero-order valence-electron chi connectivity index (χ0n) is 9.82. The molecule has 0 spiro atoms. The van der Waals surface area contributed by atoms with Crippen LogP contribution in [0.2, 0.25) is 0 Å². The largest absolute Gasteiger partial charge is 0.379 e. The minimum atomic E-state index is 0.270. The first-order chi connectivity index (χ1) is 7.29. The van der Waals surface area contributed by atoms with E-state index >= 15 is 0 Å². The van der Waals surface area contributed by atoms with Crippen molar-refractivity contribution in [1.29, 1.82) is 0 Å². The number of likely N-dealkylation sites (tertiary alicyclic amines) is 1. The number of nitrogens with zero attached hydrogens (tertiary/aromatic N) is 1. The van der Waals surface area contributed by atoms with E-state index in [0.717, 1.165) is 25.7 Å². The van der Waals surface area contributed by atoms with Crippen LogP contribution in [0, 0.1) is 11.8 Å². The van der Waals surface area contributed by atoms with Crippen molar-refractivity contribution >= 4 is 0 Å². The van der Waals surface area contributed by atoms with E-state index in [0.29, 0.717) is 5.92 Å². The van der Waals surface area contributed by atoms with Gasteiger partial charge in [0, 0.05) is 25.0 Å². The van der Waals surface area contributed by atoms with E-state index < -0.39 is 0 Å². The predicted octanol–water partition coefficient (Wildman–Crippen LogP) is 1.08. The van der Waals surface area contributed by atoms with Gasteiger partial charge in [-0.15, -0.1) is 0 Å². The van der Waals surface area contributed by atoms with Crippen molar-refractivity contribution in [2.24, 2.45) is 17.6 Å². The lowest BCUT2D eigenvalue weighted by atomic mass is 9.94. The Morgan fingerprint density at radius 2 is 2.27 bits per heavy atom. The van der Waals surface area contributed by atoms with E-state index in [1.807, 2.05) is 0 Å². The molecular formula is C12H24N2O. The Morgan fingerprint density at radius 1 is 1.40 bits per heavy atom. The fraction of sp³-hybridized carbons (Fsp3) is 1.00. The van der Waals surface area contributed by atoms with E-state index in [9.17, 15) is 0 Å². The number of rotatable bonds is 3. The summed E-state index contributed by atoms with van der Waals surface area (Å²) in [5.74, 6) is 1.48. The molecule has 3 atom stereocenters. The van der Waals surface area contributed by atoms with E-state index in [-0.39, 0.29) is 6.04 Å². The standard InChI is InChI=1S/C12H24N2O/c1-2-10-4-3-5-14(6-10)7-11-8-15-9-12(11)13/h10-12H,2-9,13H2,1H3. The van der Waals surface area contributed by atoms with Crippen molar-refractivity contribution in [1.82, 2.24) is 4.90 Å². The van der Waals surface area contributed by atoms with E-state index in [4.69, 9.17) is 10.5 Å². The molecule has 3 heteroatoms. The summed E-state index contributed by atoms with van der Waals surface area (Å²) in [6, 6.07) is 0.270. The summed E-state index contributed by atoms with van der Waals surface area (Å²) in [6.07, 6.45) is 4.10. The Morgan fingerprint density at radius 3 is 2.93 bits per heavy atom. The quantitative estimate of drug-likeness (QED) is 0.761. The molecule has 2 rings (SSSR count). The van der Waals surface area contributed by atoms with Crippen molar-refractivity contribution < 1.29 is 4.74 Å². The smallest absolute Gasteiger partial charge is 0.0621 e. The van der Waals surface area contributed by atoms with Crippen molar-refractivity contribution in [3.05, 3.63) is 0 Å². The Bertz CT molecular complexity index is 198. The maximum atomic E-state index is 6.01. The summed E-state index contributed by atoms with van der Waals surface area (Å²) in [5, 5.41) is 0. The van der Waals surface area contributed by atoms with Gasteiger partial charge < -0.3 is 15.4 Å². The number of hydrogen-bond acceptors (Lipinski definition) is 3. The average Bonchev–Trinajstić information content (AvgIpc) is 2.65. The first kappa shape index (κ1) is 11.4. The van der Waals surface area contributed by atoms with Gasteiger partial charge in [-0.25, -0.2) is 0 Å². The fourth-order valence-electron chi connectivity index (χ4n) is 2.79. The second-order valence-corrected chi connectivity index (χ2v) is 5.14. The molecule has 2 N–H and O–H groups in total. The summed E-state index contributed by atoms with van der Waals surface area (Å²) in [4.78, 5) is 2.59. The summed E-state index contributed by atoms with van der Waals surface area (Å²) < 4.78 is 5.41. The first-order valence-corrected chi connectivity index (χ1v) is 6.35. The molecule has 3 nitrogen and oxygen atoms in total. The van der Waals surface area contributed by atoms with Gasteiger partial charge in [0.05, 0.1) is 13.2 Å². The Labute approximate surface area is 93.0 Å². The van der Waals surface area contributed by atoms with Crippen LogP contribution in [-0.4, -0.2) is 43.8 Å². The third-order valence-electron chi connectivity index (χ3n) is 3.92. The average molecular weight is 212 g/mol. The summed E-state index contributed by atoms with van der Waals surface area (Å²) >= 11 is 0. The Balaban J connectivity index is 1.78. The molecule has 0 aromatic heterocycles. The van der Waals surface area contributed by atoms with Crippen LogP contribution < -0.4 is 5.73 Å². The highest BCUT2D eigenvalue weighted by atomic mass is 16.5. The third kappa shape index (κ3) is 2.92. The van der Waals surface area contributed by atoms with Crippen molar-refractivity contribution in [2.45, 2.75) is 32.2 Å². The van der Waals surface area contributed by atoms with Crippen LogP contribution in [0.25, 0.3) is 0 Å². The zero-order chi connectivity index (χ0) is 10.7. The lowest BCUT2D eigenvalue weighted by Crippen LogP contribution is -2.42. The normalized spacial score (nSPS) is 38.4. The second-order valence-electron chi connectivity index (χ2n) is 5.14. The molecule has 0 aromatic carbocycles. The number of ether oxygens (including phenoxy) is 1. The molecule has 0 aromatic rings. The molecular weight excluding hydrogens is 188 g/mol. The molecule has 2 saturated heterocycles. The molecule has 15 heavy (non-hydrogen) atoms. The van der Waals surface area contributed by atoms with Gasteiger partial charge in [0.25, 0.3) is 0 Å². The number of piperidine rings is 1. The summed E-state index contributed by atoms with van der Waals surface area (Å²) in [7, 11) is 0. The van der Waals surface area contributed by atoms with Gasteiger partial charge in [-0.05, 0) is 25.3 Å². The molecule has 0 bridgehead atoms. The fourth-order valence-corrected chi connectivity index (χ4v) is 2.79. The van der Waals surface area contributed by atoms with Gasteiger partial charge in [0.2, 0.25) is 0 Å². The molecule has 0 saturated carbocycles. The molecule has 88 valence electrons. The summed E-state index contributed by atoms with van der Waals surface area (Å²) in [6.45, 7) is 7.62. The van der Waals surface area contributed by atoms with E-state index in [1.54, 1.807) is 0 Å². The van der Waals surface area contributed by atoms with Crippen molar-refractivity contribution in [3.63, 3.8) is 0 Å². The van der Waals surface area contributed by atoms with Gasteiger partial charge in [0.15, 0.2) is 0 Å². The van der Waals surface area contributed by atoms with Crippen molar-refractivity contribution in [3.8, 4) is 0 Å². The van der Waals surface area contributed by atoms with E-state index in [1.165, 1.54) is 32.4 Å². The second kappa shape index (κ2) is 5.28. The lowest BCUT2D eigenvalue weighted by molar-refractivity contribution is 0.132. The minimum absolute atomic E-state index is 0.270. The van der Waals surface area contributed by atoms with E-state index in [2.05, 4.69) is 11.8 Å². The highest BCUT2D eigenvalue weighted by Crippen LogP contribution is 2.21. The maximum Gasteiger partial charge on any atom is 0.0621 e. The third-order valence-corrected chi connectivity index (χ3v) is 3.92. The van der Waals surface area contributed by atoms with Gasteiger partial charge >= 0.3 is 0 Å². The van der Waals surface area contributed by atoms with Gasteiger partial charge in [-0.2, -0.15) is 0 Å². The van der Waals surface area contributed by atoms with Crippen LogP contribution in [-0.2, 0) is 4.74 Å². The molecule has 2 aliphatic rings. The van der Waals surface area contributed by atoms with Gasteiger partial charge in [-0.1, -0.05) is 13.3 Å². The number of nitrogens with two attached hydrogens (primary N) is 1. The summed E-state index contributed by atoms with van der Waals surface area (Å²) in [5.41, 5.74) is 6.01. The van der Waals surface area contributed by atoms with Crippen LogP contribution in [0.1, 0.15) is 26.2 Å². The predicted molar refractivity (Wildman–Crippen MR) is 61.7 cm³/mol. The van der Waals surface area contributed by atoms with Crippen LogP contribution in [0.4, 0.5) is 0 Å². The SMILES string of the molecule is CCC1CCCN(CC2COCC2N)C1. The molecule has 2 aliphatic heterocycles. The van der Waals surface area contributed by atoms with Crippen LogP contribution >= 0.6 is 0 Å². The van der Waals surface area contributed by atoms with Crippen LogP contribution in [0.15, 0.2) is 0 Å². The highest BCUT2D eigenvalue weighted by molar-refractivity contribution is 4.82. The monoisotopic (exact) mass is 212 g/mol. The van der Waals surface area contributed by atoms with Crippen molar-refractivity contribution in [2.75, 3.05) is 32.8 Å². The lowest BCUT2D eigenvalue weighted by Gasteiger charge is -2.34. The van der Waals surface area contributed by atoms with Crippen LogP contribution in [0.3, 0.4) is 0 Å². The van der Waals surface area contributed by atoms with Gasteiger partial charge in [-0.3, -0.25) is 0 Å². The molecule has 0 radical (unpaired) electrons. The maximum absolute atomic E-state index is 6.01. The van der Waals surface area contributed by atoms with Crippen LogP contribution in [0.5, 0.6) is 0 Å². The highest BCUT2D eigenvalue weighted by Gasteiger charge is 2.28. The topological polar surface area (TPSA) is 38.5 Å². The molecule has 2 fully saturated rings. The van der Waals surface area contributed by atoms with Gasteiger partial charge in [0.1, 0.15) is 0 Å².